The molecule has 0 fully saturated rings. The van der Waals surface area contributed by atoms with Crippen molar-refractivity contribution in [3.63, 3.8) is 0 Å². The van der Waals surface area contributed by atoms with Gasteiger partial charge in [0.05, 0.1) is 14.2 Å². The van der Waals surface area contributed by atoms with Gasteiger partial charge >= 0.3 is 0 Å². The second kappa shape index (κ2) is 9.68. The fourth-order valence-corrected chi connectivity index (χ4v) is 1.86. The van der Waals surface area contributed by atoms with Crippen molar-refractivity contribution in [2.24, 2.45) is 4.99 Å². The van der Waals surface area contributed by atoms with Crippen molar-refractivity contribution in [2.75, 3.05) is 34.9 Å². The summed E-state index contributed by atoms with van der Waals surface area (Å²) in [5, 5.41) is 3.22. The predicted octanol–water partition coefficient (Wildman–Crippen LogP) is 2.35. The van der Waals surface area contributed by atoms with Crippen molar-refractivity contribution >= 4 is 29.9 Å². The van der Waals surface area contributed by atoms with Crippen LogP contribution in [0.2, 0.25) is 0 Å². The zero-order valence-electron chi connectivity index (χ0n) is 12.8. The molecule has 0 aliphatic heterocycles. The molecule has 0 saturated heterocycles. The monoisotopic (exact) mass is 393 g/mol. The van der Waals surface area contributed by atoms with E-state index in [9.17, 15) is 0 Å². The van der Waals surface area contributed by atoms with Gasteiger partial charge in [-0.2, -0.15) is 0 Å². The van der Waals surface area contributed by atoms with Crippen molar-refractivity contribution in [1.29, 1.82) is 0 Å². The molecule has 0 heterocycles. The van der Waals surface area contributed by atoms with Crippen molar-refractivity contribution in [3.05, 3.63) is 23.8 Å². The van der Waals surface area contributed by atoms with E-state index < -0.39 is 0 Å². The van der Waals surface area contributed by atoms with Gasteiger partial charge in [-0.15, -0.1) is 24.0 Å². The molecule has 0 aliphatic rings. The molecule has 1 rings (SSSR count). The lowest BCUT2D eigenvalue weighted by Gasteiger charge is -2.22. The minimum absolute atomic E-state index is 0. The Hall–Kier alpha value is -1.18. The van der Waals surface area contributed by atoms with Crippen LogP contribution in [0.15, 0.2) is 23.2 Å². The van der Waals surface area contributed by atoms with E-state index in [0.29, 0.717) is 6.54 Å². The second-order valence-corrected chi connectivity index (χ2v) is 4.11. The third kappa shape index (κ3) is 5.07. The molecule has 0 atom stereocenters. The van der Waals surface area contributed by atoms with E-state index in [-0.39, 0.29) is 24.0 Å². The summed E-state index contributed by atoms with van der Waals surface area (Å²) in [4.78, 5) is 6.28. The smallest absolute Gasteiger partial charge is 0.193 e. The summed E-state index contributed by atoms with van der Waals surface area (Å²) in [6, 6.07) is 5.83. The first-order chi connectivity index (χ1) is 9.15. The minimum Gasteiger partial charge on any atom is -0.497 e. The number of aliphatic imine (C=N–C) groups is 1. The molecule has 1 aromatic carbocycles. The van der Waals surface area contributed by atoms with Crippen molar-refractivity contribution < 1.29 is 9.47 Å². The predicted molar refractivity (Wildman–Crippen MR) is 93.5 cm³/mol. The highest BCUT2D eigenvalue weighted by Crippen LogP contribution is 2.25. The quantitative estimate of drug-likeness (QED) is 0.474. The normalized spacial score (nSPS) is 10.6. The number of nitrogens with zero attached hydrogens (tertiary/aromatic N) is 2. The van der Waals surface area contributed by atoms with Gasteiger partial charge in [-0.1, -0.05) is 0 Å². The van der Waals surface area contributed by atoms with Gasteiger partial charge in [-0.3, -0.25) is 4.99 Å². The highest BCUT2D eigenvalue weighted by molar-refractivity contribution is 14.0. The van der Waals surface area contributed by atoms with E-state index in [1.165, 1.54) is 0 Å². The largest absolute Gasteiger partial charge is 0.497 e. The number of halogens is 1. The number of guanidine groups is 1. The molecule has 5 nitrogen and oxygen atoms in total. The number of rotatable bonds is 5. The number of benzene rings is 1. The molecule has 0 aliphatic carbocycles. The molecule has 0 radical (unpaired) electrons. The first-order valence-corrected chi connectivity index (χ1v) is 6.28. The Morgan fingerprint density at radius 1 is 1.30 bits per heavy atom. The molecule has 0 amide bonds. The SMILES string of the molecule is CCNC(=NC)N(C)Cc1ccc(OC)cc1OC.I. The zero-order valence-corrected chi connectivity index (χ0v) is 15.1. The van der Waals surface area contributed by atoms with Crippen LogP contribution in [-0.4, -0.2) is 45.7 Å². The highest BCUT2D eigenvalue weighted by Gasteiger charge is 2.10. The van der Waals surface area contributed by atoms with Gasteiger partial charge < -0.3 is 19.7 Å². The van der Waals surface area contributed by atoms with E-state index >= 15 is 0 Å². The first kappa shape index (κ1) is 18.8. The molecule has 20 heavy (non-hydrogen) atoms. The summed E-state index contributed by atoms with van der Waals surface area (Å²) in [5.74, 6) is 2.47. The number of nitrogens with one attached hydrogen (secondary N) is 1. The lowest BCUT2D eigenvalue weighted by Crippen LogP contribution is -2.38. The zero-order chi connectivity index (χ0) is 14.3. The third-order valence-electron chi connectivity index (χ3n) is 2.81. The van der Waals surface area contributed by atoms with Gasteiger partial charge in [0.25, 0.3) is 0 Å². The summed E-state index contributed by atoms with van der Waals surface area (Å²) in [6.45, 7) is 3.61. The Balaban J connectivity index is 0.00000361. The van der Waals surface area contributed by atoms with E-state index in [4.69, 9.17) is 9.47 Å². The van der Waals surface area contributed by atoms with Gasteiger partial charge in [-0.25, -0.2) is 0 Å². The standard InChI is InChI=1S/C14H23N3O2.HI/c1-6-16-14(15-2)17(3)10-11-7-8-12(18-4)9-13(11)19-5;/h7-9H,6,10H2,1-5H3,(H,15,16);1H. The fourth-order valence-electron chi connectivity index (χ4n) is 1.86. The summed E-state index contributed by atoms with van der Waals surface area (Å²) in [7, 11) is 7.08. The van der Waals surface area contributed by atoms with Crippen LogP contribution in [-0.2, 0) is 6.54 Å². The molecule has 1 N–H and O–H groups in total. The molecule has 0 bridgehead atoms. The van der Waals surface area contributed by atoms with Crippen LogP contribution < -0.4 is 14.8 Å². The van der Waals surface area contributed by atoms with E-state index in [1.807, 2.05) is 37.1 Å². The van der Waals surface area contributed by atoms with E-state index in [0.717, 1.165) is 29.6 Å². The van der Waals surface area contributed by atoms with Crippen LogP contribution in [0.25, 0.3) is 0 Å². The summed E-state index contributed by atoms with van der Waals surface area (Å²) >= 11 is 0. The van der Waals surface area contributed by atoms with Crippen LogP contribution in [0.4, 0.5) is 0 Å². The lowest BCUT2D eigenvalue weighted by atomic mass is 10.2. The summed E-state index contributed by atoms with van der Waals surface area (Å²) in [6.07, 6.45) is 0. The number of hydrogen-bond acceptors (Lipinski definition) is 3. The molecule has 1 aromatic rings. The van der Waals surface area contributed by atoms with Crippen molar-refractivity contribution in [2.45, 2.75) is 13.5 Å². The van der Waals surface area contributed by atoms with Gasteiger partial charge in [0.1, 0.15) is 11.5 Å². The van der Waals surface area contributed by atoms with Crippen LogP contribution in [0, 0.1) is 0 Å². The van der Waals surface area contributed by atoms with Gasteiger partial charge in [0.15, 0.2) is 5.96 Å². The molecule has 6 heteroatoms. The molecular formula is C14H24IN3O2. The molecule has 0 unspecified atom stereocenters. The average Bonchev–Trinajstić information content (AvgIpc) is 2.44. The Morgan fingerprint density at radius 2 is 2.00 bits per heavy atom. The molecule has 0 saturated carbocycles. The average molecular weight is 393 g/mol. The van der Waals surface area contributed by atoms with Gasteiger partial charge in [-0.05, 0) is 19.1 Å². The first-order valence-electron chi connectivity index (χ1n) is 6.28. The highest BCUT2D eigenvalue weighted by atomic mass is 127. The number of hydrogen-bond donors (Lipinski definition) is 1. The van der Waals surface area contributed by atoms with Gasteiger partial charge in [0, 0.05) is 38.8 Å². The van der Waals surface area contributed by atoms with Crippen molar-refractivity contribution in [3.8, 4) is 11.5 Å². The minimum atomic E-state index is 0. The summed E-state index contributed by atoms with van der Waals surface area (Å²) < 4.78 is 10.6. The number of methoxy groups -OCH3 is 2. The van der Waals surface area contributed by atoms with Gasteiger partial charge in [0.2, 0.25) is 0 Å². The Kier molecular flexibility index (Phi) is 9.11. The fraction of sp³-hybridized carbons (Fsp3) is 0.500. The topological polar surface area (TPSA) is 46.1 Å². The molecule has 114 valence electrons. The van der Waals surface area contributed by atoms with E-state index in [2.05, 4.69) is 10.3 Å². The Bertz CT molecular complexity index is 438. The van der Waals surface area contributed by atoms with Crippen molar-refractivity contribution in [1.82, 2.24) is 10.2 Å². The third-order valence-corrected chi connectivity index (χ3v) is 2.81. The Labute approximate surface area is 138 Å². The number of ether oxygens (including phenoxy) is 2. The second-order valence-electron chi connectivity index (χ2n) is 4.11. The molecule has 0 spiro atoms. The summed E-state index contributed by atoms with van der Waals surface area (Å²) in [5.41, 5.74) is 1.09. The van der Waals surface area contributed by atoms with Crippen LogP contribution in [0.1, 0.15) is 12.5 Å². The van der Waals surface area contributed by atoms with E-state index in [1.54, 1.807) is 21.3 Å². The van der Waals surface area contributed by atoms with Crippen LogP contribution in [0.3, 0.4) is 0 Å². The lowest BCUT2D eigenvalue weighted by molar-refractivity contribution is 0.382. The maximum atomic E-state index is 5.40. The van der Waals surface area contributed by atoms with Crippen LogP contribution in [0.5, 0.6) is 11.5 Å². The molecular weight excluding hydrogens is 369 g/mol. The Morgan fingerprint density at radius 3 is 2.50 bits per heavy atom. The van der Waals surface area contributed by atoms with Crippen LogP contribution >= 0.6 is 24.0 Å². The maximum absolute atomic E-state index is 5.40. The maximum Gasteiger partial charge on any atom is 0.193 e. The molecule has 0 aromatic heterocycles.